The Labute approximate surface area is 183 Å². The van der Waals surface area contributed by atoms with Crippen molar-refractivity contribution in [1.29, 1.82) is 0 Å². The molecule has 1 unspecified atom stereocenters. The van der Waals surface area contributed by atoms with E-state index in [0.717, 1.165) is 27.9 Å². The molecular formula is C24H20N4O2S. The summed E-state index contributed by atoms with van der Waals surface area (Å²) in [5.41, 5.74) is 3.44. The normalized spacial score (nSPS) is 12.3. The van der Waals surface area contributed by atoms with Crippen LogP contribution in [0.5, 0.6) is 0 Å². The van der Waals surface area contributed by atoms with Crippen LogP contribution < -0.4 is 0 Å². The van der Waals surface area contributed by atoms with Crippen LogP contribution in [-0.2, 0) is 0 Å². The van der Waals surface area contributed by atoms with Crippen LogP contribution in [0.2, 0.25) is 0 Å². The van der Waals surface area contributed by atoms with E-state index in [4.69, 9.17) is 4.42 Å². The Balaban J connectivity index is 1.52. The second-order valence-electron chi connectivity index (χ2n) is 7.24. The van der Waals surface area contributed by atoms with Gasteiger partial charge in [0.1, 0.15) is 5.76 Å². The molecule has 1 N–H and O–H groups in total. The zero-order valence-electron chi connectivity index (χ0n) is 17.1. The number of fused-ring (bicyclic) bond motifs is 1. The third kappa shape index (κ3) is 3.47. The predicted molar refractivity (Wildman–Crippen MR) is 122 cm³/mol. The van der Waals surface area contributed by atoms with E-state index in [1.54, 1.807) is 12.5 Å². The summed E-state index contributed by atoms with van der Waals surface area (Å²) in [6.45, 7) is 3.80. The number of nitrogens with zero attached hydrogens (tertiary/aromatic N) is 3. The molecule has 0 aliphatic rings. The monoisotopic (exact) mass is 428 g/mol. The van der Waals surface area contributed by atoms with Crippen molar-refractivity contribution in [3.05, 3.63) is 84.4 Å². The predicted octanol–water partition coefficient (Wildman–Crippen LogP) is 5.68. The molecular weight excluding hydrogens is 408 g/mol. The van der Waals surface area contributed by atoms with Crippen LogP contribution in [0, 0.1) is 6.92 Å². The Morgan fingerprint density at radius 2 is 1.84 bits per heavy atom. The number of Topliss-reactive ketones (excluding diaryl/α,β-unsaturated/α-hetero) is 1. The van der Waals surface area contributed by atoms with Crippen molar-refractivity contribution in [3.63, 3.8) is 0 Å². The van der Waals surface area contributed by atoms with Gasteiger partial charge in [-0.05, 0) is 38.1 Å². The summed E-state index contributed by atoms with van der Waals surface area (Å²) in [5.74, 6) is 1.50. The smallest absolute Gasteiger partial charge is 0.196 e. The van der Waals surface area contributed by atoms with Gasteiger partial charge in [-0.2, -0.15) is 0 Å². The van der Waals surface area contributed by atoms with Crippen molar-refractivity contribution in [3.8, 4) is 17.1 Å². The lowest BCUT2D eigenvalue weighted by Crippen LogP contribution is -2.14. The first-order chi connectivity index (χ1) is 15.1. The van der Waals surface area contributed by atoms with Crippen LogP contribution in [-0.4, -0.2) is 30.8 Å². The third-order valence-corrected chi connectivity index (χ3v) is 6.30. The summed E-state index contributed by atoms with van der Waals surface area (Å²) >= 11 is 1.40. The Hall–Kier alpha value is -3.58. The Bertz CT molecular complexity index is 1370. The van der Waals surface area contributed by atoms with Crippen molar-refractivity contribution in [2.75, 3.05) is 0 Å². The van der Waals surface area contributed by atoms with Crippen molar-refractivity contribution >= 4 is 28.4 Å². The third-order valence-electron chi connectivity index (χ3n) is 5.25. The zero-order chi connectivity index (χ0) is 21.4. The molecule has 0 aliphatic heterocycles. The van der Waals surface area contributed by atoms with Gasteiger partial charge >= 0.3 is 0 Å². The fraction of sp³-hybridized carbons (Fsp3) is 0.125. The molecule has 0 fully saturated rings. The Morgan fingerprint density at radius 1 is 1.06 bits per heavy atom. The van der Waals surface area contributed by atoms with Crippen LogP contribution in [0.3, 0.4) is 0 Å². The van der Waals surface area contributed by atoms with Crippen LogP contribution in [0.1, 0.15) is 23.0 Å². The van der Waals surface area contributed by atoms with E-state index < -0.39 is 0 Å². The van der Waals surface area contributed by atoms with Crippen molar-refractivity contribution < 1.29 is 9.21 Å². The maximum atomic E-state index is 13.2. The number of nitrogens with one attached hydrogen (secondary N) is 1. The lowest BCUT2D eigenvalue weighted by atomic mass is 10.1. The highest BCUT2D eigenvalue weighted by molar-refractivity contribution is 8.00. The zero-order valence-corrected chi connectivity index (χ0v) is 17.9. The maximum Gasteiger partial charge on any atom is 0.196 e. The lowest BCUT2D eigenvalue weighted by Gasteiger charge is -2.13. The largest absolute Gasteiger partial charge is 0.469 e. The highest BCUT2D eigenvalue weighted by atomic mass is 32.2. The van der Waals surface area contributed by atoms with E-state index in [-0.39, 0.29) is 11.0 Å². The number of carbonyl (C=O) groups is 1. The number of benzene rings is 2. The van der Waals surface area contributed by atoms with E-state index >= 15 is 0 Å². The average Bonchev–Trinajstić information content (AvgIpc) is 3.51. The molecule has 0 aliphatic carbocycles. The molecule has 0 saturated carbocycles. The topological polar surface area (TPSA) is 76.7 Å². The van der Waals surface area contributed by atoms with Gasteiger partial charge in [-0.15, -0.1) is 10.2 Å². The second-order valence-corrected chi connectivity index (χ2v) is 8.55. The fourth-order valence-electron chi connectivity index (χ4n) is 3.65. The van der Waals surface area contributed by atoms with Gasteiger partial charge in [0, 0.05) is 28.4 Å². The minimum Gasteiger partial charge on any atom is -0.469 e. The number of H-pyrrole nitrogens is 1. The molecule has 31 heavy (non-hydrogen) atoms. The number of rotatable bonds is 6. The molecule has 0 amide bonds. The van der Waals surface area contributed by atoms with Gasteiger partial charge in [0.05, 0.1) is 17.1 Å². The van der Waals surface area contributed by atoms with Gasteiger partial charge < -0.3 is 9.40 Å². The van der Waals surface area contributed by atoms with Gasteiger partial charge in [-0.1, -0.05) is 48.2 Å². The van der Waals surface area contributed by atoms with Crippen molar-refractivity contribution in [2.24, 2.45) is 0 Å². The lowest BCUT2D eigenvalue weighted by molar-refractivity contribution is 0.0995. The fourth-order valence-corrected chi connectivity index (χ4v) is 4.59. The molecule has 3 aromatic heterocycles. The van der Waals surface area contributed by atoms with E-state index in [0.29, 0.717) is 16.5 Å². The van der Waals surface area contributed by atoms with E-state index in [1.165, 1.54) is 11.8 Å². The molecule has 3 heterocycles. The number of hydrogen-bond acceptors (Lipinski definition) is 5. The van der Waals surface area contributed by atoms with Gasteiger partial charge in [-0.25, -0.2) is 0 Å². The van der Waals surface area contributed by atoms with Gasteiger partial charge in [0.15, 0.2) is 16.8 Å². The summed E-state index contributed by atoms with van der Waals surface area (Å²) < 4.78 is 7.46. The maximum absolute atomic E-state index is 13.2. The highest BCUT2D eigenvalue weighted by Gasteiger charge is 2.25. The quantitative estimate of drug-likeness (QED) is 0.278. The first kappa shape index (κ1) is 19.4. The van der Waals surface area contributed by atoms with Gasteiger partial charge in [0.25, 0.3) is 0 Å². The minimum absolute atomic E-state index is 0.0473. The van der Waals surface area contributed by atoms with Crippen LogP contribution in [0.25, 0.3) is 28.0 Å². The second kappa shape index (κ2) is 7.92. The molecule has 2 aromatic carbocycles. The number of para-hydroxylation sites is 2. The van der Waals surface area contributed by atoms with E-state index in [9.17, 15) is 4.79 Å². The summed E-state index contributed by atoms with van der Waals surface area (Å²) in [5, 5.41) is 10.1. The van der Waals surface area contributed by atoms with Crippen LogP contribution in [0.15, 0.2) is 82.7 Å². The summed E-state index contributed by atoms with van der Waals surface area (Å²) in [4.78, 5) is 16.4. The Morgan fingerprint density at radius 3 is 2.61 bits per heavy atom. The number of ketones is 1. The molecule has 0 saturated heterocycles. The molecule has 5 aromatic rings. The average molecular weight is 429 g/mol. The number of furan rings is 1. The highest BCUT2D eigenvalue weighted by Crippen LogP contribution is 2.33. The molecule has 0 radical (unpaired) electrons. The molecule has 7 heteroatoms. The number of carbonyl (C=O) groups excluding carboxylic acids is 1. The molecule has 1 atom stereocenters. The molecule has 0 spiro atoms. The number of thioether (sulfide) groups is 1. The number of aryl methyl sites for hydroxylation is 1. The number of aromatic amines is 1. The van der Waals surface area contributed by atoms with E-state index in [1.807, 2.05) is 79.1 Å². The molecule has 5 rings (SSSR count). The van der Waals surface area contributed by atoms with E-state index in [2.05, 4.69) is 15.2 Å². The number of hydrogen-bond donors (Lipinski definition) is 1. The van der Waals surface area contributed by atoms with Crippen molar-refractivity contribution in [1.82, 2.24) is 19.7 Å². The van der Waals surface area contributed by atoms with Gasteiger partial charge in [0.2, 0.25) is 0 Å². The SMILES string of the molecule is Cc1occc1-c1nnc(SC(C)C(=O)c2c[nH]c3ccccc23)n1-c1ccccc1. The van der Waals surface area contributed by atoms with Gasteiger partial charge in [-0.3, -0.25) is 9.36 Å². The minimum atomic E-state index is -0.343. The van der Waals surface area contributed by atoms with Crippen LogP contribution in [0.4, 0.5) is 0 Å². The van der Waals surface area contributed by atoms with Crippen LogP contribution >= 0.6 is 11.8 Å². The van der Waals surface area contributed by atoms with Crippen molar-refractivity contribution in [2.45, 2.75) is 24.3 Å². The molecule has 6 nitrogen and oxygen atoms in total. The summed E-state index contributed by atoms with van der Waals surface area (Å²) in [6.07, 6.45) is 3.43. The summed E-state index contributed by atoms with van der Waals surface area (Å²) in [7, 11) is 0. The molecule has 0 bridgehead atoms. The molecule has 154 valence electrons. The standard InChI is InChI=1S/C24H20N4O2S/c1-15-18(12-13-30-15)23-26-27-24(28(23)17-8-4-3-5-9-17)31-16(2)22(29)20-14-25-21-11-7-6-10-19(20)21/h3-14,16,25H,1-2H3. The first-order valence-electron chi connectivity index (χ1n) is 9.96. The first-order valence-corrected chi connectivity index (χ1v) is 10.8. The summed E-state index contributed by atoms with van der Waals surface area (Å²) in [6, 6.07) is 19.6. The number of aromatic nitrogens is 4. The Kier molecular flexibility index (Phi) is 4.95.